The smallest absolute Gasteiger partial charge is 0.238 e. The van der Waals surface area contributed by atoms with Crippen molar-refractivity contribution in [3.05, 3.63) is 66.9 Å². The Kier molecular flexibility index (Phi) is 3.13. The molecule has 1 aliphatic heterocycles. The van der Waals surface area contributed by atoms with E-state index in [1.807, 2.05) is 54.7 Å². The van der Waals surface area contributed by atoms with E-state index in [-0.39, 0.29) is 35.5 Å². The molecule has 0 radical (unpaired) electrons. The molecular weight excluding hydrogens is 350 g/mol. The average Bonchev–Trinajstić information content (AvgIpc) is 3.42. The van der Waals surface area contributed by atoms with Crippen LogP contribution in [0.1, 0.15) is 6.42 Å². The topological polar surface area (TPSA) is 63.2 Å². The molecule has 2 bridgehead atoms. The molecule has 6 rings (SSSR count). The first-order valence-corrected chi connectivity index (χ1v) is 9.59. The molecule has 28 heavy (non-hydrogen) atoms. The van der Waals surface area contributed by atoms with E-state index in [1.54, 1.807) is 0 Å². The highest BCUT2D eigenvalue weighted by atomic mass is 16.2. The van der Waals surface area contributed by atoms with Crippen molar-refractivity contribution in [3.8, 4) is 11.4 Å². The summed E-state index contributed by atoms with van der Waals surface area (Å²) >= 11 is 0. The van der Waals surface area contributed by atoms with Crippen LogP contribution >= 0.6 is 0 Å². The second kappa shape index (κ2) is 5.58. The van der Waals surface area contributed by atoms with Crippen LogP contribution in [-0.2, 0) is 9.59 Å². The number of imide groups is 1. The Morgan fingerprint density at radius 2 is 1.54 bits per heavy atom. The predicted octanol–water partition coefficient (Wildman–Crippen LogP) is 3.61. The van der Waals surface area contributed by atoms with Crippen molar-refractivity contribution in [3.63, 3.8) is 0 Å². The molecule has 0 N–H and O–H groups in total. The fourth-order valence-electron chi connectivity index (χ4n) is 5.03. The Balaban J connectivity index is 1.33. The number of hydrogen-bond acceptors (Lipinski definition) is 4. The quantitative estimate of drug-likeness (QED) is 0.513. The molecular formula is C23H17N3O2. The van der Waals surface area contributed by atoms with Gasteiger partial charge in [0.1, 0.15) is 0 Å². The molecule has 4 atom stereocenters. The van der Waals surface area contributed by atoms with Gasteiger partial charge >= 0.3 is 0 Å². The maximum atomic E-state index is 12.9. The van der Waals surface area contributed by atoms with E-state index in [1.165, 1.54) is 4.90 Å². The van der Waals surface area contributed by atoms with Crippen LogP contribution in [0.25, 0.3) is 22.3 Å². The SMILES string of the molecule is O=C1[C@@H]2[C@H](C(=O)N1c1ccc(-c3ncc4ccccc4n3)cc1)[C@@H]1C=C[C@H]2C1. The number of para-hydroxylation sites is 1. The first-order valence-electron chi connectivity index (χ1n) is 9.59. The van der Waals surface area contributed by atoms with Crippen LogP contribution in [0.15, 0.2) is 66.9 Å². The van der Waals surface area contributed by atoms with Gasteiger partial charge in [0, 0.05) is 17.1 Å². The molecule has 2 heterocycles. The van der Waals surface area contributed by atoms with Gasteiger partial charge in [0.2, 0.25) is 11.8 Å². The number of hydrogen-bond donors (Lipinski definition) is 0. The van der Waals surface area contributed by atoms with Gasteiger partial charge in [-0.1, -0.05) is 30.4 Å². The highest BCUT2D eigenvalue weighted by Crippen LogP contribution is 2.53. The molecule has 2 amide bonds. The van der Waals surface area contributed by atoms with Crippen molar-refractivity contribution >= 4 is 28.4 Å². The molecule has 1 saturated heterocycles. The van der Waals surface area contributed by atoms with Crippen LogP contribution in [-0.4, -0.2) is 21.8 Å². The minimum absolute atomic E-state index is 0.0541. The van der Waals surface area contributed by atoms with Gasteiger partial charge in [0.15, 0.2) is 5.82 Å². The molecule has 2 aromatic carbocycles. The van der Waals surface area contributed by atoms with Crippen LogP contribution in [0.2, 0.25) is 0 Å². The van der Waals surface area contributed by atoms with Crippen molar-refractivity contribution in [2.24, 2.45) is 23.7 Å². The van der Waals surface area contributed by atoms with Crippen LogP contribution in [0.5, 0.6) is 0 Å². The fraction of sp³-hybridized carbons (Fsp3) is 0.217. The fourth-order valence-corrected chi connectivity index (χ4v) is 5.03. The summed E-state index contributed by atoms with van der Waals surface area (Å²) in [6, 6.07) is 15.2. The largest absolute Gasteiger partial charge is 0.274 e. The number of fused-ring (bicyclic) bond motifs is 6. The Morgan fingerprint density at radius 3 is 2.25 bits per heavy atom. The minimum atomic E-state index is -0.175. The molecule has 3 aliphatic rings. The highest BCUT2D eigenvalue weighted by molar-refractivity contribution is 6.22. The van der Waals surface area contributed by atoms with Gasteiger partial charge in [-0.3, -0.25) is 14.5 Å². The van der Waals surface area contributed by atoms with E-state index >= 15 is 0 Å². The van der Waals surface area contributed by atoms with Gasteiger partial charge in [-0.05, 0) is 48.6 Å². The number of nitrogens with zero attached hydrogens (tertiary/aromatic N) is 3. The molecule has 2 aliphatic carbocycles. The average molecular weight is 367 g/mol. The molecule has 5 nitrogen and oxygen atoms in total. The number of allylic oxidation sites excluding steroid dienone is 2. The van der Waals surface area contributed by atoms with Gasteiger partial charge < -0.3 is 0 Å². The van der Waals surface area contributed by atoms with Crippen molar-refractivity contribution < 1.29 is 9.59 Å². The lowest BCUT2D eigenvalue weighted by molar-refractivity contribution is -0.123. The lowest BCUT2D eigenvalue weighted by Crippen LogP contribution is -2.32. The van der Waals surface area contributed by atoms with E-state index in [0.717, 1.165) is 22.9 Å². The zero-order valence-corrected chi connectivity index (χ0v) is 15.0. The summed E-state index contributed by atoms with van der Waals surface area (Å²) in [6.45, 7) is 0. The third-order valence-electron chi connectivity index (χ3n) is 6.34. The zero-order chi connectivity index (χ0) is 18.8. The Morgan fingerprint density at radius 1 is 0.857 bits per heavy atom. The maximum Gasteiger partial charge on any atom is 0.238 e. The number of carbonyl (C=O) groups is 2. The summed E-state index contributed by atoms with van der Waals surface area (Å²) in [7, 11) is 0. The highest BCUT2D eigenvalue weighted by Gasteiger charge is 2.59. The van der Waals surface area contributed by atoms with E-state index in [2.05, 4.69) is 22.1 Å². The molecule has 2 fully saturated rings. The van der Waals surface area contributed by atoms with Crippen LogP contribution in [0.4, 0.5) is 5.69 Å². The number of rotatable bonds is 2. The predicted molar refractivity (Wildman–Crippen MR) is 105 cm³/mol. The van der Waals surface area contributed by atoms with E-state index in [0.29, 0.717) is 11.5 Å². The standard InChI is InChI=1S/C23H17N3O2/c27-22-19-14-5-6-15(11-14)20(19)23(28)26(22)17-9-7-13(8-10-17)21-24-12-16-3-1-2-4-18(16)25-21/h1-10,12,14-15,19-20H,11H2/t14-,15+,19-,20+. The summed E-state index contributed by atoms with van der Waals surface area (Å²) in [4.78, 5) is 36.3. The molecule has 5 heteroatoms. The van der Waals surface area contributed by atoms with Crippen molar-refractivity contribution in [1.82, 2.24) is 9.97 Å². The van der Waals surface area contributed by atoms with Gasteiger partial charge in [-0.2, -0.15) is 0 Å². The number of benzene rings is 2. The van der Waals surface area contributed by atoms with Crippen LogP contribution in [0.3, 0.4) is 0 Å². The Labute approximate surface area is 161 Å². The van der Waals surface area contributed by atoms with Gasteiger partial charge in [0.05, 0.1) is 23.0 Å². The summed E-state index contributed by atoms with van der Waals surface area (Å²) in [5.74, 6) is 0.618. The minimum Gasteiger partial charge on any atom is -0.274 e. The molecule has 136 valence electrons. The second-order valence-electron chi connectivity index (χ2n) is 7.81. The number of anilines is 1. The van der Waals surface area contributed by atoms with Crippen LogP contribution in [0, 0.1) is 23.7 Å². The molecule has 1 aromatic heterocycles. The number of aromatic nitrogens is 2. The molecule has 1 saturated carbocycles. The van der Waals surface area contributed by atoms with E-state index < -0.39 is 0 Å². The van der Waals surface area contributed by atoms with Gasteiger partial charge in [0.25, 0.3) is 0 Å². The van der Waals surface area contributed by atoms with Gasteiger partial charge in [-0.25, -0.2) is 9.97 Å². The Bertz CT molecular complexity index is 1140. The Hall–Kier alpha value is -3.34. The third-order valence-corrected chi connectivity index (χ3v) is 6.34. The molecule has 0 spiro atoms. The molecule has 0 unspecified atom stereocenters. The second-order valence-corrected chi connectivity index (χ2v) is 7.81. The van der Waals surface area contributed by atoms with Crippen LogP contribution < -0.4 is 4.90 Å². The summed E-state index contributed by atoms with van der Waals surface area (Å²) < 4.78 is 0. The monoisotopic (exact) mass is 367 g/mol. The lowest BCUT2D eigenvalue weighted by Gasteiger charge is -2.17. The number of carbonyl (C=O) groups excluding carboxylic acids is 2. The van der Waals surface area contributed by atoms with E-state index in [4.69, 9.17) is 0 Å². The van der Waals surface area contributed by atoms with Crippen molar-refractivity contribution in [2.45, 2.75) is 6.42 Å². The first-order chi connectivity index (χ1) is 13.7. The lowest BCUT2D eigenvalue weighted by atomic mass is 9.85. The summed E-state index contributed by atoms with van der Waals surface area (Å²) in [5.41, 5.74) is 2.38. The van der Waals surface area contributed by atoms with E-state index in [9.17, 15) is 9.59 Å². The summed E-state index contributed by atoms with van der Waals surface area (Å²) in [5, 5.41) is 0.992. The first kappa shape index (κ1) is 15.7. The normalized spacial score (nSPS) is 27.8. The summed E-state index contributed by atoms with van der Waals surface area (Å²) in [6.07, 6.45) is 6.98. The van der Waals surface area contributed by atoms with Crippen molar-refractivity contribution in [2.75, 3.05) is 4.90 Å². The number of amides is 2. The third kappa shape index (κ3) is 2.07. The zero-order valence-electron chi connectivity index (χ0n) is 15.0. The van der Waals surface area contributed by atoms with Gasteiger partial charge in [-0.15, -0.1) is 0 Å². The van der Waals surface area contributed by atoms with Crippen molar-refractivity contribution in [1.29, 1.82) is 0 Å². The molecule has 3 aromatic rings. The maximum absolute atomic E-state index is 12.9.